The van der Waals surface area contributed by atoms with Gasteiger partial charge in [-0.05, 0) is 30.2 Å². The lowest BCUT2D eigenvalue weighted by Crippen LogP contribution is -2.12. The molecule has 2 aromatic rings. The Labute approximate surface area is 112 Å². The van der Waals surface area contributed by atoms with Gasteiger partial charge in [0.25, 0.3) is 0 Å². The maximum absolute atomic E-state index is 10.0. The van der Waals surface area contributed by atoms with Gasteiger partial charge in [-0.3, -0.25) is 0 Å². The van der Waals surface area contributed by atoms with Gasteiger partial charge in [-0.25, -0.2) is 0 Å². The molecule has 0 heterocycles. The van der Waals surface area contributed by atoms with Crippen LogP contribution in [0.5, 0.6) is 0 Å². The van der Waals surface area contributed by atoms with Crippen LogP contribution in [0.1, 0.15) is 17.2 Å². The second-order valence-corrected chi connectivity index (χ2v) is 4.70. The van der Waals surface area contributed by atoms with E-state index in [4.69, 9.17) is 11.6 Å². The van der Waals surface area contributed by atoms with Crippen LogP contribution in [0.25, 0.3) is 0 Å². The summed E-state index contributed by atoms with van der Waals surface area (Å²) in [6, 6.07) is 15.4. The van der Waals surface area contributed by atoms with Crippen LogP contribution in [0.3, 0.4) is 0 Å². The molecule has 2 nitrogen and oxygen atoms in total. The molecule has 0 aliphatic carbocycles. The minimum absolute atomic E-state index is 0.437. The number of anilines is 1. The highest BCUT2D eigenvalue weighted by Crippen LogP contribution is 2.23. The number of aliphatic hydroxyl groups excluding tert-OH is 1. The van der Waals surface area contributed by atoms with Crippen LogP contribution in [0.4, 0.5) is 5.69 Å². The molecule has 3 heteroatoms. The maximum atomic E-state index is 10.0. The summed E-state index contributed by atoms with van der Waals surface area (Å²) in [5.74, 6) is 0. The summed E-state index contributed by atoms with van der Waals surface area (Å²) in [7, 11) is 0. The van der Waals surface area contributed by atoms with Crippen LogP contribution in [-0.2, 0) is 0 Å². The van der Waals surface area contributed by atoms with E-state index in [9.17, 15) is 5.11 Å². The van der Waals surface area contributed by atoms with Crippen LogP contribution in [-0.4, -0.2) is 11.7 Å². The van der Waals surface area contributed by atoms with Crippen molar-refractivity contribution in [2.24, 2.45) is 0 Å². The average molecular weight is 262 g/mol. The molecule has 0 saturated carbocycles. The Kier molecular flexibility index (Phi) is 4.24. The van der Waals surface area contributed by atoms with E-state index in [1.807, 2.05) is 55.5 Å². The van der Waals surface area contributed by atoms with Crippen molar-refractivity contribution in [1.29, 1.82) is 0 Å². The van der Waals surface area contributed by atoms with Crippen LogP contribution < -0.4 is 5.32 Å². The van der Waals surface area contributed by atoms with Crippen LogP contribution in [0.2, 0.25) is 5.02 Å². The highest BCUT2D eigenvalue weighted by Gasteiger charge is 2.07. The molecule has 1 atom stereocenters. The second kappa shape index (κ2) is 5.89. The minimum atomic E-state index is -0.538. The molecule has 2 N–H and O–H groups in total. The van der Waals surface area contributed by atoms with E-state index in [2.05, 4.69) is 5.32 Å². The van der Waals surface area contributed by atoms with Gasteiger partial charge in [0.2, 0.25) is 0 Å². The summed E-state index contributed by atoms with van der Waals surface area (Å²) in [5.41, 5.74) is 2.86. The summed E-state index contributed by atoms with van der Waals surface area (Å²) in [6.45, 7) is 2.43. The molecule has 0 aliphatic rings. The zero-order chi connectivity index (χ0) is 13.0. The summed E-state index contributed by atoms with van der Waals surface area (Å²) < 4.78 is 0. The third-order valence-electron chi connectivity index (χ3n) is 2.79. The minimum Gasteiger partial charge on any atom is -0.387 e. The molecule has 0 fully saturated rings. The summed E-state index contributed by atoms with van der Waals surface area (Å²) in [5, 5.41) is 13.9. The maximum Gasteiger partial charge on any atom is 0.0962 e. The third-order valence-corrected chi connectivity index (χ3v) is 3.11. The molecule has 0 aliphatic heterocycles. The van der Waals surface area contributed by atoms with E-state index in [1.165, 1.54) is 0 Å². The van der Waals surface area contributed by atoms with Crippen molar-refractivity contribution in [3.05, 3.63) is 64.7 Å². The van der Waals surface area contributed by atoms with Gasteiger partial charge in [0.1, 0.15) is 0 Å². The first-order valence-corrected chi connectivity index (χ1v) is 6.27. The van der Waals surface area contributed by atoms with E-state index in [0.717, 1.165) is 16.8 Å². The van der Waals surface area contributed by atoms with Gasteiger partial charge in [0, 0.05) is 6.54 Å². The van der Waals surface area contributed by atoms with Crippen molar-refractivity contribution < 1.29 is 5.11 Å². The highest BCUT2D eigenvalue weighted by molar-refractivity contribution is 6.33. The fourth-order valence-corrected chi connectivity index (χ4v) is 2.07. The van der Waals surface area contributed by atoms with Crippen molar-refractivity contribution in [2.45, 2.75) is 13.0 Å². The normalized spacial score (nSPS) is 12.2. The molecule has 0 amide bonds. The first kappa shape index (κ1) is 12.9. The molecule has 0 saturated heterocycles. The molecule has 1 unspecified atom stereocenters. The monoisotopic (exact) mass is 261 g/mol. The number of aryl methyl sites for hydroxylation is 1. The van der Waals surface area contributed by atoms with Gasteiger partial charge in [0.15, 0.2) is 0 Å². The first-order valence-electron chi connectivity index (χ1n) is 5.90. The molecule has 0 aromatic heterocycles. The van der Waals surface area contributed by atoms with Gasteiger partial charge in [-0.2, -0.15) is 0 Å². The van der Waals surface area contributed by atoms with Crippen molar-refractivity contribution in [1.82, 2.24) is 0 Å². The van der Waals surface area contributed by atoms with E-state index in [-0.39, 0.29) is 0 Å². The van der Waals surface area contributed by atoms with Gasteiger partial charge >= 0.3 is 0 Å². The van der Waals surface area contributed by atoms with Crippen molar-refractivity contribution in [3.8, 4) is 0 Å². The van der Waals surface area contributed by atoms with E-state index >= 15 is 0 Å². The predicted molar refractivity (Wildman–Crippen MR) is 76.1 cm³/mol. The highest BCUT2D eigenvalue weighted by atomic mass is 35.5. The van der Waals surface area contributed by atoms with Gasteiger partial charge in [-0.1, -0.05) is 48.0 Å². The summed E-state index contributed by atoms with van der Waals surface area (Å²) >= 11 is 6.11. The molecule has 0 spiro atoms. The van der Waals surface area contributed by atoms with Crippen LogP contribution >= 0.6 is 11.6 Å². The molecule has 2 rings (SSSR count). The number of hydrogen-bond donors (Lipinski definition) is 2. The molecular formula is C15H16ClNO. The lowest BCUT2D eigenvalue weighted by atomic mass is 10.1. The van der Waals surface area contributed by atoms with E-state index < -0.39 is 6.10 Å². The number of rotatable bonds is 4. The average Bonchev–Trinajstić information content (AvgIpc) is 2.38. The number of hydrogen-bond acceptors (Lipinski definition) is 2. The Bertz CT molecular complexity index is 513. The Balaban J connectivity index is 1.99. The SMILES string of the molecule is Cc1ccc(NCC(O)c2ccccc2)c(Cl)c1. The summed E-state index contributed by atoms with van der Waals surface area (Å²) in [4.78, 5) is 0. The van der Waals surface area contributed by atoms with Crippen molar-refractivity contribution in [3.63, 3.8) is 0 Å². The zero-order valence-corrected chi connectivity index (χ0v) is 11.0. The fraction of sp³-hybridized carbons (Fsp3) is 0.200. The lowest BCUT2D eigenvalue weighted by molar-refractivity contribution is 0.191. The quantitative estimate of drug-likeness (QED) is 0.878. The van der Waals surface area contributed by atoms with Crippen LogP contribution in [0.15, 0.2) is 48.5 Å². The smallest absolute Gasteiger partial charge is 0.0962 e. The molecule has 0 bridgehead atoms. The number of aliphatic hydroxyl groups is 1. The van der Waals surface area contributed by atoms with Gasteiger partial charge in [0.05, 0.1) is 16.8 Å². The number of halogens is 1. The van der Waals surface area contributed by atoms with Crippen LogP contribution in [0, 0.1) is 6.92 Å². The molecule has 18 heavy (non-hydrogen) atoms. The molecular weight excluding hydrogens is 246 g/mol. The second-order valence-electron chi connectivity index (χ2n) is 4.29. The van der Waals surface area contributed by atoms with E-state index in [1.54, 1.807) is 0 Å². The topological polar surface area (TPSA) is 32.3 Å². The standard InChI is InChI=1S/C15H16ClNO/c1-11-7-8-14(13(16)9-11)17-10-15(18)12-5-3-2-4-6-12/h2-9,15,17-18H,10H2,1H3. The number of benzene rings is 2. The fourth-order valence-electron chi connectivity index (χ4n) is 1.76. The largest absolute Gasteiger partial charge is 0.387 e. The van der Waals surface area contributed by atoms with Gasteiger partial charge < -0.3 is 10.4 Å². The summed E-state index contributed by atoms with van der Waals surface area (Å²) in [6.07, 6.45) is -0.538. The predicted octanol–water partition coefficient (Wildman–Crippen LogP) is 3.79. The number of nitrogens with one attached hydrogen (secondary N) is 1. The van der Waals surface area contributed by atoms with Gasteiger partial charge in [-0.15, -0.1) is 0 Å². The molecule has 94 valence electrons. The zero-order valence-electron chi connectivity index (χ0n) is 10.2. The third kappa shape index (κ3) is 3.25. The Hall–Kier alpha value is -1.51. The van der Waals surface area contributed by atoms with Crippen molar-refractivity contribution >= 4 is 17.3 Å². The van der Waals surface area contributed by atoms with E-state index in [0.29, 0.717) is 11.6 Å². The molecule has 2 aromatic carbocycles. The Morgan fingerprint density at radius 3 is 2.56 bits per heavy atom. The Morgan fingerprint density at radius 1 is 1.17 bits per heavy atom. The first-order chi connectivity index (χ1) is 8.66. The van der Waals surface area contributed by atoms with Crippen molar-refractivity contribution in [2.75, 3.05) is 11.9 Å². The molecule has 0 radical (unpaired) electrons. The lowest BCUT2D eigenvalue weighted by Gasteiger charge is -2.14. The Morgan fingerprint density at radius 2 is 1.89 bits per heavy atom.